The molecule has 140 valence electrons. The lowest BCUT2D eigenvalue weighted by Gasteiger charge is -2.16. The van der Waals surface area contributed by atoms with Gasteiger partial charge in [-0.25, -0.2) is 0 Å². The van der Waals surface area contributed by atoms with Crippen molar-refractivity contribution < 1.29 is 19.2 Å². The second-order valence-corrected chi connectivity index (χ2v) is 6.12. The molecule has 2 rings (SSSR count). The summed E-state index contributed by atoms with van der Waals surface area (Å²) in [5, 5.41) is 14.3. The Bertz CT molecular complexity index is 700. The highest BCUT2D eigenvalue weighted by Gasteiger charge is 2.26. The molecule has 1 aromatic carbocycles. The van der Waals surface area contributed by atoms with Gasteiger partial charge in [-0.15, -0.1) is 0 Å². The van der Waals surface area contributed by atoms with Crippen molar-refractivity contribution in [3.05, 3.63) is 35.4 Å². The van der Waals surface area contributed by atoms with Crippen LogP contribution in [-0.2, 0) is 19.2 Å². The van der Waals surface area contributed by atoms with Gasteiger partial charge in [0.2, 0.25) is 5.91 Å². The standard InChI is InChI=1S/C18H24N4O4/c1-3-13(8-17(24)25-2)21-16(23)10-14-9-15(22-26-14)11-4-6-12(7-5-11)18(19)20/h4-7,13-14H,3,8-10H2,1-2H3,(H3,19,20)(H,21,23)/t13-,14-/m1/s1. The molecular weight excluding hydrogens is 336 g/mol. The molecule has 1 amide bonds. The Morgan fingerprint density at radius 2 is 2.12 bits per heavy atom. The van der Waals surface area contributed by atoms with Gasteiger partial charge in [0.25, 0.3) is 0 Å². The van der Waals surface area contributed by atoms with Crippen LogP contribution in [0.15, 0.2) is 29.4 Å². The fourth-order valence-electron chi connectivity index (χ4n) is 2.63. The topological polar surface area (TPSA) is 127 Å². The molecule has 0 bridgehead atoms. The number of nitrogen functional groups attached to an aromatic ring is 1. The van der Waals surface area contributed by atoms with Crippen molar-refractivity contribution in [2.45, 2.75) is 44.8 Å². The summed E-state index contributed by atoms with van der Waals surface area (Å²) in [6.07, 6.45) is 1.12. The summed E-state index contributed by atoms with van der Waals surface area (Å²) in [5.41, 5.74) is 7.70. The van der Waals surface area contributed by atoms with Gasteiger partial charge in [0, 0.05) is 18.0 Å². The van der Waals surface area contributed by atoms with Crippen LogP contribution < -0.4 is 11.1 Å². The Balaban J connectivity index is 1.84. The molecule has 26 heavy (non-hydrogen) atoms. The van der Waals surface area contributed by atoms with E-state index in [2.05, 4.69) is 15.2 Å². The van der Waals surface area contributed by atoms with Crippen LogP contribution in [0.4, 0.5) is 0 Å². The van der Waals surface area contributed by atoms with Crippen LogP contribution in [0.2, 0.25) is 0 Å². The average Bonchev–Trinajstić information content (AvgIpc) is 3.09. The molecule has 0 saturated carbocycles. The molecule has 1 heterocycles. The van der Waals surface area contributed by atoms with Gasteiger partial charge >= 0.3 is 5.97 Å². The minimum absolute atomic E-state index is 0.00754. The summed E-state index contributed by atoms with van der Waals surface area (Å²) >= 11 is 0. The smallest absolute Gasteiger partial charge is 0.307 e. The SMILES string of the molecule is CC[C@H](CC(=O)OC)NC(=O)C[C@H]1CC(c2ccc(C(=N)N)cc2)=NO1. The number of carbonyl (C=O) groups excluding carboxylic acids is 2. The van der Waals surface area contributed by atoms with Gasteiger partial charge in [-0.05, 0) is 12.0 Å². The number of oxime groups is 1. The number of benzene rings is 1. The summed E-state index contributed by atoms with van der Waals surface area (Å²) in [7, 11) is 1.32. The molecule has 0 fully saturated rings. The van der Waals surface area contributed by atoms with Gasteiger partial charge in [0.15, 0.2) is 0 Å². The van der Waals surface area contributed by atoms with Crippen molar-refractivity contribution >= 4 is 23.4 Å². The first kappa shape index (κ1) is 19.4. The number of hydrogen-bond acceptors (Lipinski definition) is 6. The summed E-state index contributed by atoms with van der Waals surface area (Å²) in [4.78, 5) is 28.9. The third-order valence-electron chi connectivity index (χ3n) is 4.17. The van der Waals surface area contributed by atoms with Gasteiger partial charge in [-0.1, -0.05) is 36.3 Å². The zero-order valence-electron chi connectivity index (χ0n) is 15.0. The maximum atomic E-state index is 12.2. The molecule has 0 spiro atoms. The monoisotopic (exact) mass is 360 g/mol. The summed E-state index contributed by atoms with van der Waals surface area (Å²) in [6.45, 7) is 1.89. The van der Waals surface area contributed by atoms with E-state index in [4.69, 9.17) is 16.0 Å². The molecule has 0 aromatic heterocycles. The van der Waals surface area contributed by atoms with Crippen LogP contribution >= 0.6 is 0 Å². The lowest BCUT2D eigenvalue weighted by Crippen LogP contribution is -2.37. The highest BCUT2D eigenvalue weighted by atomic mass is 16.6. The number of nitrogens with zero attached hydrogens (tertiary/aromatic N) is 1. The molecule has 0 saturated heterocycles. The number of nitrogens with one attached hydrogen (secondary N) is 2. The Kier molecular flexibility index (Phi) is 6.71. The van der Waals surface area contributed by atoms with E-state index in [9.17, 15) is 9.59 Å². The van der Waals surface area contributed by atoms with Crippen molar-refractivity contribution in [1.82, 2.24) is 5.32 Å². The predicted octanol–water partition coefficient (Wildman–Crippen LogP) is 1.31. The Morgan fingerprint density at radius 1 is 1.42 bits per heavy atom. The first-order chi connectivity index (χ1) is 12.4. The second kappa shape index (κ2) is 8.98. The number of rotatable bonds is 8. The molecule has 8 heteroatoms. The lowest BCUT2D eigenvalue weighted by atomic mass is 10.0. The average molecular weight is 360 g/mol. The highest BCUT2D eigenvalue weighted by Crippen LogP contribution is 2.19. The quantitative estimate of drug-likeness (QED) is 0.366. The van der Waals surface area contributed by atoms with Crippen LogP contribution in [0.3, 0.4) is 0 Å². The molecule has 0 unspecified atom stereocenters. The maximum Gasteiger partial charge on any atom is 0.307 e. The maximum absolute atomic E-state index is 12.2. The van der Waals surface area contributed by atoms with Crippen molar-refractivity contribution in [3.63, 3.8) is 0 Å². The Hall–Kier alpha value is -2.90. The van der Waals surface area contributed by atoms with Crippen molar-refractivity contribution in [3.8, 4) is 0 Å². The third-order valence-corrected chi connectivity index (χ3v) is 4.17. The van der Waals surface area contributed by atoms with Crippen molar-refractivity contribution in [2.75, 3.05) is 7.11 Å². The molecule has 0 radical (unpaired) electrons. The number of amides is 1. The minimum Gasteiger partial charge on any atom is -0.469 e. The van der Waals surface area contributed by atoms with Gasteiger partial charge < -0.3 is 20.6 Å². The van der Waals surface area contributed by atoms with Gasteiger partial charge in [0.1, 0.15) is 11.9 Å². The van der Waals surface area contributed by atoms with Gasteiger partial charge in [0.05, 0.1) is 25.7 Å². The predicted molar refractivity (Wildman–Crippen MR) is 97.0 cm³/mol. The molecule has 4 N–H and O–H groups in total. The summed E-state index contributed by atoms with van der Waals surface area (Å²) in [5.74, 6) is -0.531. The van der Waals surface area contributed by atoms with Crippen molar-refractivity contribution in [2.24, 2.45) is 10.9 Å². The van der Waals surface area contributed by atoms with Gasteiger partial charge in [-0.3, -0.25) is 15.0 Å². The van der Waals surface area contributed by atoms with E-state index in [1.807, 2.05) is 19.1 Å². The number of amidine groups is 1. The summed E-state index contributed by atoms with van der Waals surface area (Å²) in [6, 6.07) is 6.89. The van der Waals surface area contributed by atoms with Crippen LogP contribution in [0.1, 0.15) is 43.7 Å². The zero-order valence-corrected chi connectivity index (χ0v) is 15.0. The molecule has 1 aliphatic heterocycles. The van der Waals surface area contributed by atoms with Crippen LogP contribution in [-0.4, -0.2) is 42.7 Å². The Morgan fingerprint density at radius 3 is 2.69 bits per heavy atom. The Labute approximate surface area is 152 Å². The van der Waals surface area contributed by atoms with E-state index in [0.29, 0.717) is 18.4 Å². The normalized spacial score (nSPS) is 17.0. The van der Waals surface area contributed by atoms with Crippen LogP contribution in [0.5, 0.6) is 0 Å². The first-order valence-corrected chi connectivity index (χ1v) is 8.46. The van der Waals surface area contributed by atoms with E-state index in [-0.39, 0.29) is 42.7 Å². The molecular formula is C18H24N4O4. The number of carbonyl (C=O) groups is 2. The number of hydrogen-bond donors (Lipinski definition) is 3. The fourth-order valence-corrected chi connectivity index (χ4v) is 2.63. The molecule has 1 aliphatic rings. The van der Waals surface area contributed by atoms with E-state index in [1.54, 1.807) is 12.1 Å². The first-order valence-electron chi connectivity index (χ1n) is 8.46. The summed E-state index contributed by atoms with van der Waals surface area (Å²) < 4.78 is 4.63. The van der Waals surface area contributed by atoms with Gasteiger partial charge in [-0.2, -0.15) is 0 Å². The number of methoxy groups -OCH3 is 1. The zero-order chi connectivity index (χ0) is 19.1. The number of esters is 1. The van der Waals surface area contributed by atoms with E-state index < -0.39 is 0 Å². The largest absolute Gasteiger partial charge is 0.469 e. The second-order valence-electron chi connectivity index (χ2n) is 6.12. The number of nitrogens with two attached hydrogens (primary N) is 1. The minimum atomic E-state index is -0.353. The van der Waals surface area contributed by atoms with Crippen LogP contribution in [0, 0.1) is 5.41 Å². The van der Waals surface area contributed by atoms with E-state index in [1.165, 1.54) is 7.11 Å². The van der Waals surface area contributed by atoms with E-state index in [0.717, 1.165) is 11.3 Å². The lowest BCUT2D eigenvalue weighted by molar-refractivity contribution is -0.141. The number of ether oxygens (including phenoxy) is 1. The molecule has 1 aromatic rings. The highest BCUT2D eigenvalue weighted by molar-refractivity contribution is 6.02. The fraction of sp³-hybridized carbons (Fsp3) is 0.444. The molecule has 8 nitrogen and oxygen atoms in total. The van der Waals surface area contributed by atoms with E-state index >= 15 is 0 Å². The molecule has 2 atom stereocenters. The molecule has 0 aliphatic carbocycles. The third kappa shape index (κ3) is 5.30. The van der Waals surface area contributed by atoms with Crippen molar-refractivity contribution in [1.29, 1.82) is 5.41 Å². The van der Waals surface area contributed by atoms with Crippen LogP contribution in [0.25, 0.3) is 0 Å².